The lowest BCUT2D eigenvalue weighted by Crippen LogP contribution is -2.42. The normalized spacial score (nSPS) is 23.1. The quantitative estimate of drug-likeness (QED) is 0.897. The van der Waals surface area contributed by atoms with Crippen LogP contribution < -0.4 is 4.74 Å². The van der Waals surface area contributed by atoms with E-state index in [0.717, 1.165) is 24.1 Å². The number of H-pyrrole nitrogens is 1. The number of aromatic amines is 1. The number of benzene rings is 1. The summed E-state index contributed by atoms with van der Waals surface area (Å²) in [6.07, 6.45) is 2.21. The minimum absolute atomic E-state index is 0.0288. The molecule has 6 nitrogen and oxygen atoms in total. The van der Waals surface area contributed by atoms with Gasteiger partial charge in [-0.15, -0.1) is 0 Å². The molecule has 1 aromatic carbocycles. The Morgan fingerprint density at radius 3 is 2.67 bits per heavy atom. The van der Waals surface area contributed by atoms with Gasteiger partial charge in [-0.3, -0.25) is 9.89 Å². The van der Waals surface area contributed by atoms with E-state index in [1.807, 2.05) is 18.7 Å². The molecule has 2 atom stereocenters. The molecule has 2 aliphatic rings. The highest BCUT2D eigenvalue weighted by molar-refractivity contribution is 5.94. The van der Waals surface area contributed by atoms with Crippen molar-refractivity contribution in [3.63, 3.8) is 0 Å². The van der Waals surface area contributed by atoms with Gasteiger partial charge in [0.15, 0.2) is 5.69 Å². The largest absolute Gasteiger partial charge is 0.490 e. The van der Waals surface area contributed by atoms with Crippen molar-refractivity contribution in [1.82, 2.24) is 15.1 Å². The van der Waals surface area contributed by atoms with Gasteiger partial charge in [-0.1, -0.05) is 0 Å². The van der Waals surface area contributed by atoms with Crippen LogP contribution in [0.5, 0.6) is 5.75 Å². The first kappa shape index (κ1) is 18.0. The number of carbonyl (C=O) groups excluding carboxylic acids is 1. The molecule has 1 fully saturated rings. The van der Waals surface area contributed by atoms with Gasteiger partial charge in [0.2, 0.25) is 0 Å². The molecule has 1 amide bonds. The Morgan fingerprint density at radius 1 is 1.26 bits per heavy atom. The zero-order valence-corrected chi connectivity index (χ0v) is 15.6. The zero-order chi connectivity index (χ0) is 19.0. The van der Waals surface area contributed by atoms with Crippen molar-refractivity contribution >= 4 is 5.91 Å². The molecule has 3 heterocycles. The number of nitrogens with one attached hydrogen (secondary N) is 1. The van der Waals surface area contributed by atoms with E-state index in [0.29, 0.717) is 31.0 Å². The van der Waals surface area contributed by atoms with Crippen LogP contribution in [0.2, 0.25) is 0 Å². The van der Waals surface area contributed by atoms with Crippen molar-refractivity contribution in [1.29, 1.82) is 0 Å². The molecule has 1 N–H and O–H groups in total. The first-order chi connectivity index (χ1) is 13.0. The highest BCUT2D eigenvalue weighted by Crippen LogP contribution is 2.31. The smallest absolute Gasteiger partial charge is 0.274 e. The molecule has 2 aliphatic heterocycles. The fourth-order valence-electron chi connectivity index (χ4n) is 3.88. The number of carbonyl (C=O) groups is 1. The lowest BCUT2D eigenvalue weighted by atomic mass is 9.98. The van der Waals surface area contributed by atoms with Gasteiger partial charge in [0.25, 0.3) is 5.91 Å². The van der Waals surface area contributed by atoms with E-state index in [4.69, 9.17) is 9.47 Å². The van der Waals surface area contributed by atoms with Gasteiger partial charge < -0.3 is 14.4 Å². The van der Waals surface area contributed by atoms with Gasteiger partial charge in [-0.2, -0.15) is 5.10 Å². The Kier molecular flexibility index (Phi) is 4.86. The van der Waals surface area contributed by atoms with Crippen LogP contribution in [0.15, 0.2) is 24.3 Å². The highest BCUT2D eigenvalue weighted by Gasteiger charge is 2.33. The molecule has 0 aliphatic carbocycles. The van der Waals surface area contributed by atoms with Crippen LogP contribution in [-0.2, 0) is 11.2 Å². The molecule has 2 aromatic rings. The van der Waals surface area contributed by atoms with Gasteiger partial charge in [0, 0.05) is 37.9 Å². The Labute approximate surface area is 157 Å². The summed E-state index contributed by atoms with van der Waals surface area (Å²) in [7, 11) is 0. The van der Waals surface area contributed by atoms with E-state index < -0.39 is 0 Å². The van der Waals surface area contributed by atoms with E-state index in [-0.39, 0.29) is 30.0 Å². The van der Waals surface area contributed by atoms with Crippen LogP contribution in [-0.4, -0.2) is 46.3 Å². The molecule has 0 unspecified atom stereocenters. The minimum atomic E-state index is -0.279. The third-order valence-corrected chi connectivity index (χ3v) is 5.28. The number of fused-ring (bicyclic) bond motifs is 1. The van der Waals surface area contributed by atoms with Crippen molar-refractivity contribution < 1.29 is 18.7 Å². The molecule has 27 heavy (non-hydrogen) atoms. The maximum absolute atomic E-state index is 13.0. The Balaban J connectivity index is 1.39. The highest BCUT2D eigenvalue weighted by atomic mass is 19.1. The topological polar surface area (TPSA) is 67.5 Å². The van der Waals surface area contributed by atoms with Crippen molar-refractivity contribution in [2.75, 3.05) is 13.1 Å². The number of aromatic nitrogens is 2. The predicted molar refractivity (Wildman–Crippen MR) is 97.2 cm³/mol. The standard InChI is InChI=1S/C20H24FN3O3/c1-12-11-17-18(13(2)26-12)22-23-19(17)20(25)24-9-7-16(8-10-24)27-15-5-3-14(21)4-6-15/h3-6,12-13,16H,7-11H2,1-2H3,(H,22,23)/t12-,13+/m1/s1. The number of hydrogen-bond donors (Lipinski definition) is 1. The summed E-state index contributed by atoms with van der Waals surface area (Å²) in [6, 6.07) is 6.04. The molecular formula is C20H24FN3O3. The molecule has 0 radical (unpaired) electrons. The van der Waals surface area contributed by atoms with Crippen molar-refractivity contribution in [2.45, 2.75) is 51.4 Å². The van der Waals surface area contributed by atoms with Crippen LogP contribution in [0.4, 0.5) is 4.39 Å². The summed E-state index contributed by atoms with van der Waals surface area (Å²) >= 11 is 0. The van der Waals surface area contributed by atoms with Crippen LogP contribution in [0, 0.1) is 5.82 Å². The maximum atomic E-state index is 13.0. The van der Waals surface area contributed by atoms with E-state index in [1.54, 1.807) is 12.1 Å². The monoisotopic (exact) mass is 373 g/mol. The predicted octanol–water partition coefficient (Wildman–Crippen LogP) is 3.25. The summed E-state index contributed by atoms with van der Waals surface area (Å²) in [6.45, 7) is 5.22. The SMILES string of the molecule is C[C@@H]1Cc2c(C(=O)N3CCC(Oc4ccc(F)cc4)CC3)n[nH]c2[C@H](C)O1. The summed E-state index contributed by atoms with van der Waals surface area (Å²) in [5, 5.41) is 7.27. The number of nitrogens with zero attached hydrogens (tertiary/aromatic N) is 2. The van der Waals surface area contributed by atoms with Crippen LogP contribution in [0.1, 0.15) is 54.5 Å². The fraction of sp³-hybridized carbons (Fsp3) is 0.500. The Morgan fingerprint density at radius 2 is 1.96 bits per heavy atom. The Hall–Kier alpha value is -2.41. The van der Waals surface area contributed by atoms with Crippen molar-refractivity contribution in [3.8, 4) is 5.75 Å². The lowest BCUT2D eigenvalue weighted by molar-refractivity contribution is -0.00704. The number of ether oxygens (including phenoxy) is 2. The number of likely N-dealkylation sites (tertiary alicyclic amines) is 1. The molecule has 144 valence electrons. The summed E-state index contributed by atoms with van der Waals surface area (Å²) in [5.41, 5.74) is 2.41. The molecule has 7 heteroatoms. The van der Waals surface area contributed by atoms with E-state index >= 15 is 0 Å². The molecule has 0 spiro atoms. The zero-order valence-electron chi connectivity index (χ0n) is 15.6. The average molecular weight is 373 g/mol. The first-order valence-corrected chi connectivity index (χ1v) is 9.45. The summed E-state index contributed by atoms with van der Waals surface area (Å²) < 4.78 is 24.7. The average Bonchev–Trinajstić information content (AvgIpc) is 3.08. The fourth-order valence-corrected chi connectivity index (χ4v) is 3.88. The van der Waals surface area contributed by atoms with Crippen LogP contribution in [0.25, 0.3) is 0 Å². The Bertz CT molecular complexity index is 812. The van der Waals surface area contributed by atoms with Gasteiger partial charge in [0.05, 0.1) is 17.9 Å². The minimum Gasteiger partial charge on any atom is -0.490 e. The van der Waals surface area contributed by atoms with Crippen molar-refractivity contribution in [2.24, 2.45) is 0 Å². The van der Waals surface area contributed by atoms with Gasteiger partial charge >= 0.3 is 0 Å². The molecule has 1 aromatic heterocycles. The molecular weight excluding hydrogens is 349 g/mol. The molecule has 4 rings (SSSR count). The number of piperidine rings is 1. The summed E-state index contributed by atoms with van der Waals surface area (Å²) in [5.74, 6) is 0.346. The summed E-state index contributed by atoms with van der Waals surface area (Å²) in [4.78, 5) is 14.8. The lowest BCUT2D eigenvalue weighted by Gasteiger charge is -2.32. The second-order valence-corrected chi connectivity index (χ2v) is 7.32. The maximum Gasteiger partial charge on any atom is 0.274 e. The number of hydrogen-bond acceptors (Lipinski definition) is 4. The number of rotatable bonds is 3. The number of halogens is 1. The third-order valence-electron chi connectivity index (χ3n) is 5.28. The van der Waals surface area contributed by atoms with E-state index in [2.05, 4.69) is 10.2 Å². The second-order valence-electron chi connectivity index (χ2n) is 7.32. The van der Waals surface area contributed by atoms with Gasteiger partial charge in [0.1, 0.15) is 17.7 Å². The first-order valence-electron chi connectivity index (χ1n) is 9.45. The molecule has 1 saturated heterocycles. The number of amides is 1. The molecule has 0 saturated carbocycles. The van der Waals surface area contributed by atoms with E-state index in [1.165, 1.54) is 12.1 Å². The third kappa shape index (κ3) is 3.69. The van der Waals surface area contributed by atoms with E-state index in [9.17, 15) is 9.18 Å². The van der Waals surface area contributed by atoms with Gasteiger partial charge in [-0.25, -0.2) is 4.39 Å². The van der Waals surface area contributed by atoms with Crippen LogP contribution >= 0.6 is 0 Å². The second kappa shape index (κ2) is 7.31. The van der Waals surface area contributed by atoms with Crippen molar-refractivity contribution in [3.05, 3.63) is 47.0 Å². The van der Waals surface area contributed by atoms with Gasteiger partial charge in [-0.05, 0) is 38.1 Å². The molecule has 0 bridgehead atoms. The van der Waals surface area contributed by atoms with Crippen LogP contribution in [0.3, 0.4) is 0 Å².